The summed E-state index contributed by atoms with van der Waals surface area (Å²) in [6, 6.07) is 0. The molecule has 0 radical (unpaired) electrons. The maximum absolute atomic E-state index is 11.5. The molecule has 0 heterocycles. The highest BCUT2D eigenvalue weighted by molar-refractivity contribution is 7.93. The standard InChI is InChI=1S/C8H14O4S/c1-3-12-7(9)8(5-6-8)13(10,11)4-2/h3-6H2,1-2H3. The van der Waals surface area contributed by atoms with Crippen LogP contribution in [0, 0.1) is 0 Å². The normalized spacial score (nSPS) is 19.5. The number of hydrogen-bond acceptors (Lipinski definition) is 4. The summed E-state index contributed by atoms with van der Waals surface area (Å²) in [7, 11) is -3.28. The Morgan fingerprint density at radius 3 is 2.23 bits per heavy atom. The lowest BCUT2D eigenvalue weighted by atomic mass is 10.4. The van der Waals surface area contributed by atoms with E-state index in [-0.39, 0.29) is 12.4 Å². The molecule has 0 atom stereocenters. The predicted molar refractivity (Wildman–Crippen MR) is 48.1 cm³/mol. The first-order chi connectivity index (χ1) is 6.00. The fraction of sp³-hybridized carbons (Fsp3) is 0.875. The third-order valence-electron chi connectivity index (χ3n) is 2.33. The quantitative estimate of drug-likeness (QED) is 0.629. The highest BCUT2D eigenvalue weighted by Gasteiger charge is 2.61. The molecule has 1 saturated carbocycles. The van der Waals surface area contributed by atoms with Crippen LogP contribution in [0.1, 0.15) is 26.7 Å². The van der Waals surface area contributed by atoms with Crippen LogP contribution in [-0.4, -0.2) is 31.5 Å². The third kappa shape index (κ3) is 1.57. The molecule has 0 spiro atoms. The first kappa shape index (κ1) is 10.5. The topological polar surface area (TPSA) is 60.4 Å². The third-order valence-corrected chi connectivity index (χ3v) is 4.85. The van der Waals surface area contributed by atoms with Gasteiger partial charge in [-0.15, -0.1) is 0 Å². The van der Waals surface area contributed by atoms with Gasteiger partial charge in [0.2, 0.25) is 0 Å². The Morgan fingerprint density at radius 1 is 1.38 bits per heavy atom. The van der Waals surface area contributed by atoms with Gasteiger partial charge in [0, 0.05) is 5.75 Å². The molecule has 76 valence electrons. The molecular formula is C8H14O4S. The summed E-state index contributed by atoms with van der Waals surface area (Å²) >= 11 is 0. The van der Waals surface area contributed by atoms with Crippen molar-refractivity contribution in [1.82, 2.24) is 0 Å². The minimum absolute atomic E-state index is 0.00577. The SMILES string of the molecule is CCOC(=O)C1(S(=O)(=O)CC)CC1. The number of esters is 1. The largest absolute Gasteiger partial charge is 0.465 e. The van der Waals surface area contributed by atoms with Crippen LogP contribution in [0.15, 0.2) is 0 Å². The van der Waals surface area contributed by atoms with E-state index in [0.29, 0.717) is 12.8 Å². The van der Waals surface area contributed by atoms with Crippen molar-refractivity contribution < 1.29 is 17.9 Å². The van der Waals surface area contributed by atoms with Crippen molar-refractivity contribution >= 4 is 15.8 Å². The van der Waals surface area contributed by atoms with E-state index in [1.807, 2.05) is 0 Å². The summed E-state index contributed by atoms with van der Waals surface area (Å²) in [5.74, 6) is -0.567. The van der Waals surface area contributed by atoms with Gasteiger partial charge < -0.3 is 4.74 Å². The van der Waals surface area contributed by atoms with Crippen LogP contribution in [0.4, 0.5) is 0 Å². The van der Waals surface area contributed by atoms with E-state index in [9.17, 15) is 13.2 Å². The van der Waals surface area contributed by atoms with Gasteiger partial charge in [-0.1, -0.05) is 6.92 Å². The van der Waals surface area contributed by atoms with E-state index in [2.05, 4.69) is 0 Å². The molecule has 13 heavy (non-hydrogen) atoms. The number of hydrogen-bond donors (Lipinski definition) is 0. The van der Waals surface area contributed by atoms with Crippen molar-refractivity contribution in [3.05, 3.63) is 0 Å². The van der Waals surface area contributed by atoms with Gasteiger partial charge in [0.25, 0.3) is 0 Å². The van der Waals surface area contributed by atoms with Crippen LogP contribution in [0.3, 0.4) is 0 Å². The van der Waals surface area contributed by atoms with Crippen LogP contribution < -0.4 is 0 Å². The minimum atomic E-state index is -3.28. The lowest BCUT2D eigenvalue weighted by Crippen LogP contribution is -2.35. The molecule has 0 aromatic rings. The van der Waals surface area contributed by atoms with Crippen molar-refractivity contribution in [3.63, 3.8) is 0 Å². The molecule has 1 aliphatic rings. The lowest BCUT2D eigenvalue weighted by Gasteiger charge is -2.12. The van der Waals surface area contributed by atoms with Gasteiger partial charge in [-0.2, -0.15) is 0 Å². The van der Waals surface area contributed by atoms with Crippen LogP contribution in [0.5, 0.6) is 0 Å². The highest BCUT2D eigenvalue weighted by Crippen LogP contribution is 2.45. The van der Waals surface area contributed by atoms with Gasteiger partial charge >= 0.3 is 5.97 Å². The zero-order valence-corrected chi connectivity index (χ0v) is 8.69. The fourth-order valence-corrected chi connectivity index (χ4v) is 2.88. The van der Waals surface area contributed by atoms with Crippen LogP contribution >= 0.6 is 0 Å². The Labute approximate surface area is 78.2 Å². The average Bonchev–Trinajstić information content (AvgIpc) is 2.85. The summed E-state index contributed by atoms with van der Waals surface area (Å²) in [6.45, 7) is 3.46. The second-order valence-electron chi connectivity index (χ2n) is 3.12. The van der Waals surface area contributed by atoms with Gasteiger partial charge in [-0.05, 0) is 19.8 Å². The van der Waals surface area contributed by atoms with Gasteiger partial charge in [0.15, 0.2) is 14.6 Å². The Bertz CT molecular complexity index is 300. The molecule has 0 aromatic carbocycles. The zero-order valence-electron chi connectivity index (χ0n) is 7.87. The fourth-order valence-electron chi connectivity index (χ4n) is 1.29. The maximum Gasteiger partial charge on any atom is 0.327 e. The number of ether oxygens (including phenoxy) is 1. The summed E-state index contributed by atoms with van der Waals surface area (Å²) in [6.07, 6.45) is 0.837. The van der Waals surface area contributed by atoms with E-state index < -0.39 is 20.6 Å². The van der Waals surface area contributed by atoms with Crippen LogP contribution in [0.25, 0.3) is 0 Å². The van der Waals surface area contributed by atoms with Gasteiger partial charge in [-0.25, -0.2) is 8.42 Å². The van der Waals surface area contributed by atoms with Crippen molar-refractivity contribution in [2.45, 2.75) is 31.4 Å². The number of rotatable bonds is 4. The smallest absolute Gasteiger partial charge is 0.327 e. The molecule has 0 bridgehead atoms. The maximum atomic E-state index is 11.5. The Kier molecular flexibility index (Phi) is 2.66. The molecule has 0 aliphatic heterocycles. The monoisotopic (exact) mass is 206 g/mol. The van der Waals surface area contributed by atoms with Gasteiger partial charge in [-0.3, -0.25) is 4.79 Å². The number of sulfone groups is 1. The van der Waals surface area contributed by atoms with E-state index in [1.165, 1.54) is 0 Å². The Hall–Kier alpha value is -0.580. The molecule has 0 aromatic heterocycles. The van der Waals surface area contributed by atoms with Crippen molar-refractivity contribution in [3.8, 4) is 0 Å². The molecule has 0 unspecified atom stereocenters. The first-order valence-corrected chi connectivity index (χ1v) is 6.05. The van der Waals surface area contributed by atoms with E-state index in [4.69, 9.17) is 4.74 Å². The second kappa shape index (κ2) is 3.29. The van der Waals surface area contributed by atoms with Gasteiger partial charge in [0.1, 0.15) is 0 Å². The zero-order chi connectivity index (χ0) is 10.1. The van der Waals surface area contributed by atoms with Crippen molar-refractivity contribution in [2.75, 3.05) is 12.4 Å². The first-order valence-electron chi connectivity index (χ1n) is 4.39. The Balaban J connectivity index is 2.84. The van der Waals surface area contributed by atoms with Crippen molar-refractivity contribution in [1.29, 1.82) is 0 Å². The predicted octanol–water partition coefficient (Wildman–Crippen LogP) is 0.517. The molecule has 0 saturated heterocycles. The second-order valence-corrected chi connectivity index (χ2v) is 5.71. The minimum Gasteiger partial charge on any atom is -0.465 e. The van der Waals surface area contributed by atoms with Crippen LogP contribution in [0.2, 0.25) is 0 Å². The average molecular weight is 206 g/mol. The molecule has 0 amide bonds. The highest BCUT2D eigenvalue weighted by atomic mass is 32.2. The molecular weight excluding hydrogens is 192 g/mol. The summed E-state index contributed by atoms with van der Waals surface area (Å²) < 4.78 is 26.6. The van der Waals surface area contributed by atoms with Crippen molar-refractivity contribution in [2.24, 2.45) is 0 Å². The number of carbonyl (C=O) groups is 1. The van der Waals surface area contributed by atoms with E-state index in [0.717, 1.165) is 0 Å². The van der Waals surface area contributed by atoms with E-state index >= 15 is 0 Å². The summed E-state index contributed by atoms with van der Waals surface area (Å²) in [4.78, 5) is 11.3. The molecule has 0 N–H and O–H groups in total. The summed E-state index contributed by atoms with van der Waals surface area (Å²) in [5.41, 5.74) is 0. The van der Waals surface area contributed by atoms with Gasteiger partial charge in [0.05, 0.1) is 6.61 Å². The lowest BCUT2D eigenvalue weighted by molar-refractivity contribution is -0.143. The number of carbonyl (C=O) groups excluding carboxylic acids is 1. The molecule has 1 rings (SSSR count). The molecule has 1 fully saturated rings. The summed E-state index contributed by atoms with van der Waals surface area (Å²) in [5, 5.41) is 0. The Morgan fingerprint density at radius 2 is 1.92 bits per heavy atom. The molecule has 4 nitrogen and oxygen atoms in total. The molecule has 1 aliphatic carbocycles. The molecule has 5 heteroatoms. The van der Waals surface area contributed by atoms with E-state index in [1.54, 1.807) is 13.8 Å². The van der Waals surface area contributed by atoms with Crippen LogP contribution in [-0.2, 0) is 19.4 Å².